The summed E-state index contributed by atoms with van der Waals surface area (Å²) in [5, 5.41) is 12.7. The number of nitrogens with zero attached hydrogens (tertiary/aromatic N) is 3. The Morgan fingerprint density at radius 3 is 2.25 bits per heavy atom. The van der Waals surface area contributed by atoms with Crippen LogP contribution in [-0.2, 0) is 5.41 Å². The van der Waals surface area contributed by atoms with Gasteiger partial charge in [-0.05, 0) is 24.6 Å². The van der Waals surface area contributed by atoms with Gasteiger partial charge in [0.05, 0.1) is 11.4 Å². The van der Waals surface area contributed by atoms with Crippen LogP contribution >= 0.6 is 0 Å². The van der Waals surface area contributed by atoms with Crippen LogP contribution in [0.2, 0.25) is 0 Å². The van der Waals surface area contributed by atoms with Crippen LogP contribution < -0.4 is 5.43 Å². The Hall–Kier alpha value is -2.23. The van der Waals surface area contributed by atoms with E-state index in [2.05, 4.69) is 41.5 Å². The van der Waals surface area contributed by atoms with Crippen LogP contribution in [0.1, 0.15) is 39.0 Å². The van der Waals surface area contributed by atoms with E-state index in [1.54, 1.807) is 0 Å². The predicted molar refractivity (Wildman–Crippen MR) is 83.0 cm³/mol. The molecule has 2 aromatic rings. The lowest BCUT2D eigenvalue weighted by Crippen LogP contribution is -2.14. The molecule has 0 saturated heterocycles. The molecule has 0 fully saturated rings. The summed E-state index contributed by atoms with van der Waals surface area (Å²) in [4.78, 5) is 0. The van der Waals surface area contributed by atoms with Crippen molar-refractivity contribution < 1.29 is 0 Å². The molecule has 1 aromatic carbocycles. The molecule has 4 heteroatoms. The monoisotopic (exact) mass is 268 g/mol. The molecule has 104 valence electrons. The van der Waals surface area contributed by atoms with Crippen LogP contribution in [0.15, 0.2) is 47.6 Å². The second kappa shape index (κ2) is 5.82. The minimum absolute atomic E-state index is 0.00868. The number of hydrazone groups is 1. The molecule has 2 rings (SSSR count). The van der Waals surface area contributed by atoms with Crippen molar-refractivity contribution in [1.29, 1.82) is 0 Å². The van der Waals surface area contributed by atoms with Crippen molar-refractivity contribution in [3.05, 3.63) is 53.7 Å². The fraction of sp³-hybridized carbons (Fsp3) is 0.312. The molecule has 0 aliphatic carbocycles. The standard InChI is InChI=1S/C16H20N4/c1-12(13-8-6-5-7-9-13)17-19-15-11-10-14(18-20-15)16(2,3)4/h5-11H,1-4H3,(H,19,20)/b17-12+. The third kappa shape index (κ3) is 3.63. The zero-order chi connectivity index (χ0) is 14.6. The first-order valence-electron chi connectivity index (χ1n) is 6.67. The highest BCUT2D eigenvalue weighted by Gasteiger charge is 2.15. The fourth-order valence-corrected chi connectivity index (χ4v) is 1.68. The predicted octanol–water partition coefficient (Wildman–Crippen LogP) is 3.61. The van der Waals surface area contributed by atoms with Gasteiger partial charge in [0.25, 0.3) is 0 Å². The van der Waals surface area contributed by atoms with Gasteiger partial charge in [-0.25, -0.2) is 0 Å². The Bertz CT molecular complexity index is 580. The molecule has 0 aliphatic rings. The normalized spacial score (nSPS) is 12.3. The van der Waals surface area contributed by atoms with E-state index in [1.165, 1.54) is 0 Å². The van der Waals surface area contributed by atoms with Gasteiger partial charge in [-0.15, -0.1) is 5.10 Å². The van der Waals surface area contributed by atoms with E-state index < -0.39 is 0 Å². The summed E-state index contributed by atoms with van der Waals surface area (Å²) < 4.78 is 0. The number of aromatic nitrogens is 2. The molecule has 4 nitrogen and oxygen atoms in total. The summed E-state index contributed by atoms with van der Waals surface area (Å²) in [5.74, 6) is 0.647. The Labute approximate surface area is 120 Å². The topological polar surface area (TPSA) is 50.2 Å². The average Bonchev–Trinajstić information content (AvgIpc) is 2.45. The number of hydrogen-bond acceptors (Lipinski definition) is 4. The first-order valence-corrected chi connectivity index (χ1v) is 6.67. The summed E-state index contributed by atoms with van der Waals surface area (Å²) in [7, 11) is 0. The second-order valence-electron chi connectivity index (χ2n) is 5.73. The minimum atomic E-state index is 0.00868. The second-order valence-corrected chi connectivity index (χ2v) is 5.73. The number of benzene rings is 1. The Balaban J connectivity index is 2.08. The largest absolute Gasteiger partial charge is 0.260 e. The molecule has 0 atom stereocenters. The first-order chi connectivity index (χ1) is 9.47. The van der Waals surface area contributed by atoms with E-state index >= 15 is 0 Å². The van der Waals surface area contributed by atoms with Crippen LogP contribution in [0, 0.1) is 0 Å². The van der Waals surface area contributed by atoms with Gasteiger partial charge in [0.2, 0.25) is 0 Å². The molecule has 0 bridgehead atoms. The van der Waals surface area contributed by atoms with Crippen molar-refractivity contribution in [1.82, 2.24) is 10.2 Å². The van der Waals surface area contributed by atoms with Gasteiger partial charge in [-0.3, -0.25) is 5.43 Å². The maximum Gasteiger partial charge on any atom is 0.168 e. The number of hydrogen-bond donors (Lipinski definition) is 1. The quantitative estimate of drug-likeness (QED) is 0.683. The molecule has 0 aliphatic heterocycles. The zero-order valence-electron chi connectivity index (χ0n) is 12.4. The highest BCUT2D eigenvalue weighted by atomic mass is 15.3. The van der Waals surface area contributed by atoms with Gasteiger partial charge in [-0.2, -0.15) is 10.2 Å². The van der Waals surface area contributed by atoms with Crippen molar-refractivity contribution in [2.24, 2.45) is 5.10 Å². The highest BCUT2D eigenvalue weighted by molar-refractivity contribution is 5.98. The summed E-state index contributed by atoms with van der Waals surface area (Å²) in [6.45, 7) is 8.30. The number of nitrogens with one attached hydrogen (secondary N) is 1. The highest BCUT2D eigenvalue weighted by Crippen LogP contribution is 2.19. The Morgan fingerprint density at radius 1 is 1.00 bits per heavy atom. The van der Waals surface area contributed by atoms with Gasteiger partial charge < -0.3 is 0 Å². The van der Waals surface area contributed by atoms with Crippen molar-refractivity contribution in [2.75, 3.05) is 5.43 Å². The van der Waals surface area contributed by atoms with Crippen molar-refractivity contribution >= 4 is 11.5 Å². The number of rotatable bonds is 3. The average molecular weight is 268 g/mol. The fourth-order valence-electron chi connectivity index (χ4n) is 1.68. The Kier molecular flexibility index (Phi) is 4.13. The van der Waals surface area contributed by atoms with E-state index in [0.29, 0.717) is 5.82 Å². The lowest BCUT2D eigenvalue weighted by atomic mass is 9.92. The molecule has 0 radical (unpaired) electrons. The van der Waals surface area contributed by atoms with Crippen molar-refractivity contribution in [2.45, 2.75) is 33.1 Å². The minimum Gasteiger partial charge on any atom is -0.260 e. The van der Waals surface area contributed by atoms with Gasteiger partial charge in [0.15, 0.2) is 5.82 Å². The molecule has 0 saturated carbocycles. The lowest BCUT2D eigenvalue weighted by molar-refractivity contribution is 0.559. The van der Waals surface area contributed by atoms with Gasteiger partial charge in [0, 0.05) is 5.41 Å². The van der Waals surface area contributed by atoms with Gasteiger partial charge in [0.1, 0.15) is 0 Å². The molecule has 0 unspecified atom stereocenters. The SMILES string of the molecule is C/C(=N\Nc1ccc(C(C)(C)C)nn1)c1ccccc1. The maximum absolute atomic E-state index is 4.32. The van der Waals surface area contributed by atoms with E-state index in [1.807, 2.05) is 49.4 Å². The first kappa shape index (κ1) is 14.2. The van der Waals surface area contributed by atoms with Crippen molar-refractivity contribution in [3.8, 4) is 0 Å². The van der Waals surface area contributed by atoms with Crippen LogP contribution in [-0.4, -0.2) is 15.9 Å². The smallest absolute Gasteiger partial charge is 0.168 e. The zero-order valence-corrected chi connectivity index (χ0v) is 12.4. The maximum atomic E-state index is 4.32. The third-order valence-corrected chi connectivity index (χ3v) is 2.96. The molecular formula is C16H20N4. The Morgan fingerprint density at radius 2 is 1.70 bits per heavy atom. The van der Waals surface area contributed by atoms with Crippen molar-refractivity contribution in [3.63, 3.8) is 0 Å². The van der Waals surface area contributed by atoms with Crippen LogP contribution in [0.25, 0.3) is 0 Å². The number of anilines is 1. The van der Waals surface area contributed by atoms with Crippen LogP contribution in [0.5, 0.6) is 0 Å². The third-order valence-electron chi connectivity index (χ3n) is 2.96. The summed E-state index contributed by atoms with van der Waals surface area (Å²) >= 11 is 0. The van der Waals surface area contributed by atoms with Crippen LogP contribution in [0.3, 0.4) is 0 Å². The van der Waals surface area contributed by atoms with Crippen LogP contribution in [0.4, 0.5) is 5.82 Å². The van der Waals surface area contributed by atoms with E-state index in [4.69, 9.17) is 0 Å². The van der Waals surface area contributed by atoms with E-state index in [9.17, 15) is 0 Å². The van der Waals surface area contributed by atoms with E-state index in [-0.39, 0.29) is 5.41 Å². The molecule has 1 N–H and O–H groups in total. The molecular weight excluding hydrogens is 248 g/mol. The molecule has 0 amide bonds. The molecule has 0 spiro atoms. The summed E-state index contributed by atoms with van der Waals surface area (Å²) in [5.41, 5.74) is 5.90. The molecule has 1 heterocycles. The lowest BCUT2D eigenvalue weighted by Gasteiger charge is -2.16. The van der Waals surface area contributed by atoms with Gasteiger partial charge in [-0.1, -0.05) is 51.1 Å². The molecule has 20 heavy (non-hydrogen) atoms. The summed E-state index contributed by atoms with van der Waals surface area (Å²) in [6, 6.07) is 13.9. The van der Waals surface area contributed by atoms with E-state index in [0.717, 1.165) is 17.0 Å². The summed E-state index contributed by atoms with van der Waals surface area (Å²) in [6.07, 6.45) is 0. The molecule has 1 aromatic heterocycles. The van der Waals surface area contributed by atoms with Gasteiger partial charge >= 0.3 is 0 Å².